The van der Waals surface area contributed by atoms with Crippen LogP contribution in [0.15, 0.2) is 30.5 Å². The van der Waals surface area contributed by atoms with Crippen molar-refractivity contribution in [3.63, 3.8) is 0 Å². The molecule has 2 aromatic rings. The first-order valence-corrected chi connectivity index (χ1v) is 11.9. The highest BCUT2D eigenvalue weighted by Crippen LogP contribution is 2.36. The third-order valence-corrected chi connectivity index (χ3v) is 6.49. The molecule has 0 saturated carbocycles. The normalized spacial score (nSPS) is 16.7. The number of fused-ring (bicyclic) bond motifs is 1. The summed E-state index contributed by atoms with van der Waals surface area (Å²) in [6, 6.07) is 4.20. The first-order chi connectivity index (χ1) is 16.0. The zero-order valence-corrected chi connectivity index (χ0v) is 21.4. The molecule has 3 N–H and O–H groups in total. The maximum Gasteiger partial charge on any atom is 0.251 e. The Bertz CT molecular complexity index is 1090. The van der Waals surface area contributed by atoms with Gasteiger partial charge in [-0.3, -0.25) is 19.3 Å². The van der Waals surface area contributed by atoms with E-state index in [0.717, 1.165) is 5.56 Å². The summed E-state index contributed by atoms with van der Waals surface area (Å²) < 4.78 is 0. The van der Waals surface area contributed by atoms with Crippen LogP contribution in [0.2, 0.25) is 15.1 Å². The van der Waals surface area contributed by atoms with Gasteiger partial charge in [-0.2, -0.15) is 0 Å². The number of amides is 3. The largest absolute Gasteiger partial charge is 0.343 e. The first kappa shape index (κ1) is 26.2. The van der Waals surface area contributed by atoms with Crippen molar-refractivity contribution in [1.29, 1.82) is 0 Å². The summed E-state index contributed by atoms with van der Waals surface area (Å²) in [7, 11) is 1.66. The van der Waals surface area contributed by atoms with Gasteiger partial charge in [0.25, 0.3) is 5.91 Å². The van der Waals surface area contributed by atoms with Crippen molar-refractivity contribution in [2.75, 3.05) is 17.3 Å². The summed E-state index contributed by atoms with van der Waals surface area (Å²) in [6.07, 6.45) is 1.80. The fourth-order valence-electron chi connectivity index (χ4n) is 3.66. The van der Waals surface area contributed by atoms with E-state index in [-0.39, 0.29) is 34.0 Å². The van der Waals surface area contributed by atoms with Crippen LogP contribution < -0.4 is 20.9 Å². The molecule has 0 aliphatic carbocycles. The Morgan fingerprint density at radius 2 is 1.76 bits per heavy atom. The van der Waals surface area contributed by atoms with Crippen molar-refractivity contribution in [2.45, 2.75) is 45.3 Å². The van der Waals surface area contributed by atoms with E-state index in [1.807, 2.05) is 19.9 Å². The Morgan fingerprint density at radius 1 is 1.12 bits per heavy atom. The molecule has 182 valence electrons. The number of anilines is 2. The van der Waals surface area contributed by atoms with Crippen LogP contribution in [-0.4, -0.2) is 47.9 Å². The molecule has 1 aliphatic rings. The predicted molar refractivity (Wildman–Crippen MR) is 135 cm³/mol. The lowest BCUT2D eigenvalue weighted by Crippen LogP contribution is -2.57. The Kier molecular flexibility index (Phi) is 8.41. The van der Waals surface area contributed by atoms with Gasteiger partial charge in [0, 0.05) is 17.6 Å². The van der Waals surface area contributed by atoms with Crippen molar-refractivity contribution < 1.29 is 14.4 Å². The van der Waals surface area contributed by atoms with Crippen LogP contribution in [0.4, 0.5) is 11.5 Å². The van der Waals surface area contributed by atoms with E-state index in [2.05, 4.69) is 20.9 Å². The molecule has 3 amide bonds. The van der Waals surface area contributed by atoms with Crippen LogP contribution in [0.1, 0.15) is 26.3 Å². The second-order valence-electron chi connectivity index (χ2n) is 8.39. The van der Waals surface area contributed by atoms with E-state index >= 15 is 0 Å². The lowest BCUT2D eigenvalue weighted by atomic mass is 10.0. The summed E-state index contributed by atoms with van der Waals surface area (Å²) in [5.41, 5.74) is 0.937. The summed E-state index contributed by atoms with van der Waals surface area (Å²) >= 11 is 18.4. The highest BCUT2D eigenvalue weighted by Gasteiger charge is 2.43. The standard InChI is InChI=1S/C23H26Cl3N5O3/c1-11(2)18(29-21(32)12(3)27-4)23(34)31-17(8-13-6-5-7-28-20(13)31)22(33)30-19-15(25)9-14(24)10-16(19)26/h5-7,9-12,17-18,27H,8H2,1-4H3,(H,29,32)(H,30,33)/t12-,17-,18-/m0/s1. The van der Waals surface area contributed by atoms with Gasteiger partial charge < -0.3 is 16.0 Å². The molecular weight excluding hydrogens is 501 g/mol. The molecular formula is C23H26Cl3N5O3. The molecule has 11 heteroatoms. The second kappa shape index (κ2) is 10.9. The minimum atomic E-state index is -0.917. The van der Waals surface area contributed by atoms with Crippen LogP contribution in [-0.2, 0) is 20.8 Å². The predicted octanol–water partition coefficient (Wildman–Crippen LogP) is 3.69. The third kappa shape index (κ3) is 5.46. The highest BCUT2D eigenvalue weighted by molar-refractivity contribution is 6.42. The molecule has 1 aromatic heterocycles. The van der Waals surface area contributed by atoms with Gasteiger partial charge in [-0.25, -0.2) is 4.98 Å². The zero-order valence-electron chi connectivity index (χ0n) is 19.2. The first-order valence-electron chi connectivity index (χ1n) is 10.7. The molecule has 0 saturated heterocycles. The van der Waals surface area contributed by atoms with Crippen molar-refractivity contribution in [1.82, 2.24) is 15.6 Å². The number of pyridine rings is 1. The number of halogens is 3. The lowest BCUT2D eigenvalue weighted by molar-refractivity contribution is -0.130. The van der Waals surface area contributed by atoms with Gasteiger partial charge >= 0.3 is 0 Å². The van der Waals surface area contributed by atoms with E-state index in [1.54, 1.807) is 26.2 Å². The van der Waals surface area contributed by atoms with E-state index in [1.165, 1.54) is 17.0 Å². The Balaban J connectivity index is 1.94. The minimum absolute atomic E-state index is 0.172. The van der Waals surface area contributed by atoms with Gasteiger partial charge in [0.15, 0.2) is 0 Å². The molecule has 0 radical (unpaired) electrons. The lowest BCUT2D eigenvalue weighted by Gasteiger charge is -2.31. The smallest absolute Gasteiger partial charge is 0.251 e. The topological polar surface area (TPSA) is 103 Å². The molecule has 2 heterocycles. The van der Waals surface area contributed by atoms with E-state index in [9.17, 15) is 14.4 Å². The highest BCUT2D eigenvalue weighted by atomic mass is 35.5. The number of nitrogens with zero attached hydrogens (tertiary/aromatic N) is 2. The summed E-state index contributed by atoms with van der Waals surface area (Å²) in [6.45, 7) is 5.34. The molecule has 0 bridgehead atoms. The fourth-order valence-corrected chi connectivity index (χ4v) is 4.57. The zero-order chi connectivity index (χ0) is 25.2. The number of benzene rings is 1. The summed E-state index contributed by atoms with van der Waals surface area (Å²) in [5.74, 6) is -1.11. The van der Waals surface area contributed by atoms with Crippen molar-refractivity contribution >= 4 is 64.0 Å². The number of hydrogen-bond acceptors (Lipinski definition) is 5. The van der Waals surface area contributed by atoms with E-state index in [4.69, 9.17) is 34.8 Å². The van der Waals surface area contributed by atoms with Crippen LogP contribution >= 0.6 is 34.8 Å². The minimum Gasteiger partial charge on any atom is -0.343 e. The molecule has 8 nitrogen and oxygen atoms in total. The fraction of sp³-hybridized carbons (Fsp3) is 0.391. The van der Waals surface area contributed by atoms with Crippen LogP contribution in [0.3, 0.4) is 0 Å². The Morgan fingerprint density at radius 3 is 2.35 bits per heavy atom. The van der Waals surface area contributed by atoms with E-state index < -0.39 is 29.9 Å². The van der Waals surface area contributed by atoms with Gasteiger partial charge in [-0.15, -0.1) is 0 Å². The molecule has 0 spiro atoms. The van der Waals surface area contributed by atoms with Crippen LogP contribution in [0.5, 0.6) is 0 Å². The molecule has 1 aromatic carbocycles. The Hall–Kier alpha value is -2.39. The molecule has 0 fully saturated rings. The van der Waals surface area contributed by atoms with Gasteiger partial charge in [-0.1, -0.05) is 54.7 Å². The van der Waals surface area contributed by atoms with E-state index in [0.29, 0.717) is 10.8 Å². The van der Waals surface area contributed by atoms with Gasteiger partial charge in [0.05, 0.1) is 21.8 Å². The maximum atomic E-state index is 13.7. The number of likely N-dealkylation sites (N-methyl/N-ethyl adjacent to an activating group) is 1. The molecule has 3 rings (SSSR count). The van der Waals surface area contributed by atoms with Crippen molar-refractivity contribution in [3.05, 3.63) is 51.1 Å². The number of carbonyl (C=O) groups is 3. The average Bonchev–Trinajstić information content (AvgIpc) is 3.18. The second-order valence-corrected chi connectivity index (χ2v) is 9.64. The van der Waals surface area contributed by atoms with Crippen molar-refractivity contribution in [3.8, 4) is 0 Å². The number of aromatic nitrogens is 1. The summed E-state index contributed by atoms with van der Waals surface area (Å²) in [5, 5.41) is 9.05. The van der Waals surface area contributed by atoms with Gasteiger partial charge in [0.1, 0.15) is 17.9 Å². The third-order valence-electron chi connectivity index (χ3n) is 5.67. The molecule has 34 heavy (non-hydrogen) atoms. The number of rotatable bonds is 7. The quantitative estimate of drug-likeness (QED) is 0.511. The average molecular weight is 527 g/mol. The van der Waals surface area contributed by atoms with Gasteiger partial charge in [-0.05, 0) is 43.7 Å². The number of nitrogens with one attached hydrogen (secondary N) is 3. The van der Waals surface area contributed by atoms with Gasteiger partial charge in [0.2, 0.25) is 11.8 Å². The molecule has 0 unspecified atom stereocenters. The monoisotopic (exact) mass is 525 g/mol. The number of carbonyl (C=O) groups excluding carboxylic acids is 3. The summed E-state index contributed by atoms with van der Waals surface area (Å²) in [4.78, 5) is 45.3. The SMILES string of the molecule is CN[C@@H](C)C(=O)N[C@H](C(=O)N1c2ncccc2C[C@H]1C(=O)Nc1c(Cl)cc(Cl)cc1Cl)C(C)C. The Labute approximate surface area is 213 Å². The van der Waals surface area contributed by atoms with Crippen LogP contribution in [0, 0.1) is 5.92 Å². The van der Waals surface area contributed by atoms with Crippen LogP contribution in [0.25, 0.3) is 0 Å². The van der Waals surface area contributed by atoms with Crippen molar-refractivity contribution in [2.24, 2.45) is 5.92 Å². The molecule has 1 aliphatic heterocycles. The maximum absolute atomic E-state index is 13.7. The number of hydrogen-bond donors (Lipinski definition) is 3. The molecule has 3 atom stereocenters.